The van der Waals surface area contributed by atoms with Gasteiger partial charge >= 0.3 is 6.03 Å². The molecular weight excluding hydrogens is 548 g/mol. The number of amides is 2. The predicted molar refractivity (Wildman–Crippen MR) is 171 cm³/mol. The molecule has 1 aromatic heterocycles. The Balaban J connectivity index is 1.12. The minimum atomic E-state index is -1.12. The van der Waals surface area contributed by atoms with E-state index in [2.05, 4.69) is 25.5 Å². The number of likely N-dealkylation sites (tertiary alicyclic amines) is 1. The van der Waals surface area contributed by atoms with Gasteiger partial charge in [-0.15, -0.1) is 0 Å². The highest BCUT2D eigenvalue weighted by Gasteiger charge is 2.51. The van der Waals surface area contributed by atoms with Crippen LogP contribution in [0.4, 0.5) is 10.7 Å². The van der Waals surface area contributed by atoms with E-state index < -0.39 is 5.60 Å². The summed E-state index contributed by atoms with van der Waals surface area (Å²) in [6, 6.07) is 21.7. The zero-order chi connectivity index (χ0) is 30.3. The first-order valence-corrected chi connectivity index (χ1v) is 16.4. The molecule has 2 heterocycles. The third kappa shape index (κ3) is 5.72. The molecule has 8 rings (SSSR count). The maximum absolute atomic E-state index is 13.7. The van der Waals surface area contributed by atoms with E-state index in [0.29, 0.717) is 25.0 Å². The second kappa shape index (κ2) is 11.6. The van der Waals surface area contributed by atoms with Gasteiger partial charge < -0.3 is 15.3 Å². The van der Waals surface area contributed by atoms with Crippen LogP contribution in [0, 0.1) is 37.5 Å². The molecule has 3 aromatic rings. The van der Waals surface area contributed by atoms with Crippen LogP contribution in [-0.4, -0.2) is 50.6 Å². The standard InChI is InChI=1S/C36H44N6O2/c1-24-17-25(2)38-32(37-24)39-33(40-34(43)41-35-21-26-18-27(22-35)20-28(19-26)23-35)42-15-13-31(14-16-42)36(44,29-9-5-3-6-10-29)30-11-7-4-8-12-30/h3-12,17,26-28,31,44H,13-16,18-23H2,1-2H3,(H2,37,38,39,40,41,43). The van der Waals surface area contributed by atoms with Crippen LogP contribution < -0.4 is 10.6 Å². The molecule has 0 radical (unpaired) electrons. The van der Waals surface area contributed by atoms with Crippen LogP contribution in [0.1, 0.15) is 73.9 Å². The van der Waals surface area contributed by atoms with E-state index in [0.717, 1.165) is 72.4 Å². The van der Waals surface area contributed by atoms with Gasteiger partial charge in [-0.2, -0.15) is 4.99 Å². The molecule has 1 aliphatic heterocycles. The molecular formula is C36H44N6O2. The average Bonchev–Trinajstić information content (AvgIpc) is 3.00. The molecule has 4 aliphatic carbocycles. The van der Waals surface area contributed by atoms with Gasteiger partial charge in [-0.1, -0.05) is 60.7 Å². The Kier molecular flexibility index (Phi) is 7.65. The number of benzene rings is 2. The smallest absolute Gasteiger partial charge is 0.321 e. The van der Waals surface area contributed by atoms with Gasteiger partial charge in [0.25, 0.3) is 5.95 Å². The van der Waals surface area contributed by atoms with Gasteiger partial charge in [0.05, 0.1) is 0 Å². The second-order valence-corrected chi connectivity index (χ2v) is 13.9. The molecule has 8 nitrogen and oxygen atoms in total. The van der Waals surface area contributed by atoms with E-state index in [9.17, 15) is 9.90 Å². The number of nitrogens with zero attached hydrogens (tertiary/aromatic N) is 4. The first kappa shape index (κ1) is 29.0. The maximum atomic E-state index is 13.7. The quantitative estimate of drug-likeness (QED) is 0.249. The van der Waals surface area contributed by atoms with E-state index in [4.69, 9.17) is 4.99 Å². The molecule has 44 heavy (non-hydrogen) atoms. The lowest BCUT2D eigenvalue weighted by molar-refractivity contribution is -0.0135. The van der Waals surface area contributed by atoms with Crippen molar-refractivity contribution in [3.05, 3.63) is 89.2 Å². The van der Waals surface area contributed by atoms with Crippen molar-refractivity contribution in [3.8, 4) is 0 Å². The largest absolute Gasteiger partial charge is 0.380 e. The normalized spacial score (nSPS) is 26.9. The molecule has 4 bridgehead atoms. The van der Waals surface area contributed by atoms with E-state index in [1.807, 2.05) is 80.6 Å². The van der Waals surface area contributed by atoms with Crippen LogP contribution in [0.25, 0.3) is 0 Å². The summed E-state index contributed by atoms with van der Waals surface area (Å²) in [6.45, 7) is 5.13. The molecule has 0 unspecified atom stereocenters. The summed E-state index contributed by atoms with van der Waals surface area (Å²) < 4.78 is 0. The summed E-state index contributed by atoms with van der Waals surface area (Å²) >= 11 is 0. The predicted octanol–water partition coefficient (Wildman–Crippen LogP) is 6.00. The van der Waals surface area contributed by atoms with E-state index in [1.165, 1.54) is 19.3 Å². The third-order valence-corrected chi connectivity index (χ3v) is 10.6. The first-order valence-electron chi connectivity index (χ1n) is 16.4. The Morgan fingerprint density at radius 2 is 1.36 bits per heavy atom. The molecule has 5 fully saturated rings. The maximum Gasteiger partial charge on any atom is 0.321 e. The monoisotopic (exact) mass is 592 g/mol. The Hall–Kier alpha value is -3.78. The van der Waals surface area contributed by atoms with Crippen molar-refractivity contribution in [2.45, 2.75) is 76.4 Å². The number of nitrogens with one attached hydrogen (secondary N) is 2. The number of piperidine rings is 1. The lowest BCUT2D eigenvalue weighted by Crippen LogP contribution is -2.62. The summed E-state index contributed by atoms with van der Waals surface area (Å²) in [5, 5.41) is 19.0. The topological polar surface area (TPSA) is 103 Å². The van der Waals surface area contributed by atoms with E-state index in [-0.39, 0.29) is 17.5 Å². The number of carbonyl (C=O) groups excluding carboxylic acids is 1. The highest BCUT2D eigenvalue weighted by atomic mass is 16.3. The average molecular weight is 593 g/mol. The summed E-state index contributed by atoms with van der Waals surface area (Å²) in [7, 11) is 0. The summed E-state index contributed by atoms with van der Waals surface area (Å²) in [4.78, 5) is 29.7. The SMILES string of the molecule is Cc1cc(C)nc(/N=C(/NC(=O)NC23CC4CC(CC(C4)C2)C3)N2CCC(C(O)(c3ccccc3)c3ccccc3)CC2)n1. The number of aliphatic hydroxyl groups is 1. The van der Waals surface area contributed by atoms with Crippen molar-refractivity contribution in [2.75, 3.05) is 13.1 Å². The molecule has 5 aliphatic rings. The molecule has 230 valence electrons. The fourth-order valence-electron chi connectivity index (χ4n) is 9.20. The number of hydrogen-bond donors (Lipinski definition) is 3. The van der Waals surface area contributed by atoms with Crippen molar-refractivity contribution in [2.24, 2.45) is 28.7 Å². The summed E-state index contributed by atoms with van der Waals surface area (Å²) in [5.41, 5.74) is 2.25. The van der Waals surface area contributed by atoms with Gasteiger partial charge in [-0.25, -0.2) is 14.8 Å². The fraction of sp³-hybridized carbons (Fsp3) is 0.500. The van der Waals surface area contributed by atoms with Crippen molar-refractivity contribution in [1.29, 1.82) is 0 Å². The van der Waals surface area contributed by atoms with Gasteiger partial charge in [-0.05, 0) is 106 Å². The number of urea groups is 1. The Bertz CT molecular complexity index is 1420. The molecule has 3 N–H and O–H groups in total. The van der Waals surface area contributed by atoms with Gasteiger partial charge in [0.1, 0.15) is 5.60 Å². The third-order valence-electron chi connectivity index (χ3n) is 10.6. The van der Waals surface area contributed by atoms with E-state index >= 15 is 0 Å². The van der Waals surface area contributed by atoms with Crippen LogP contribution in [0.15, 0.2) is 71.7 Å². The number of guanidine groups is 1. The van der Waals surface area contributed by atoms with Crippen LogP contribution in [-0.2, 0) is 5.60 Å². The van der Waals surface area contributed by atoms with Crippen LogP contribution in [0.2, 0.25) is 0 Å². The second-order valence-electron chi connectivity index (χ2n) is 13.9. The lowest BCUT2D eigenvalue weighted by Gasteiger charge is -2.56. The van der Waals surface area contributed by atoms with Crippen LogP contribution in [0.5, 0.6) is 0 Å². The van der Waals surface area contributed by atoms with Crippen molar-refractivity contribution in [1.82, 2.24) is 25.5 Å². The van der Waals surface area contributed by atoms with Crippen LogP contribution >= 0.6 is 0 Å². The molecule has 2 aromatic carbocycles. The van der Waals surface area contributed by atoms with Crippen LogP contribution in [0.3, 0.4) is 0 Å². The molecule has 0 spiro atoms. The number of carbonyl (C=O) groups is 1. The van der Waals surface area contributed by atoms with Crippen molar-refractivity contribution in [3.63, 3.8) is 0 Å². The number of hydrogen-bond acceptors (Lipinski definition) is 5. The van der Waals surface area contributed by atoms with Gasteiger partial charge in [0.15, 0.2) is 0 Å². The Morgan fingerprint density at radius 3 is 1.86 bits per heavy atom. The van der Waals surface area contributed by atoms with E-state index in [1.54, 1.807) is 0 Å². The Morgan fingerprint density at radius 1 is 0.864 bits per heavy atom. The molecule has 4 saturated carbocycles. The summed E-state index contributed by atoms with van der Waals surface area (Å²) in [5.74, 6) is 3.03. The number of aryl methyl sites for hydroxylation is 2. The zero-order valence-corrected chi connectivity index (χ0v) is 25.9. The Labute approximate surface area is 260 Å². The number of aromatic nitrogens is 2. The molecule has 0 atom stereocenters. The zero-order valence-electron chi connectivity index (χ0n) is 25.9. The minimum Gasteiger partial charge on any atom is -0.380 e. The number of rotatable bonds is 5. The van der Waals surface area contributed by atoms with Gasteiger partial charge in [0.2, 0.25) is 5.96 Å². The molecule has 8 heteroatoms. The number of aliphatic imine (C=N–C) groups is 1. The summed E-state index contributed by atoms with van der Waals surface area (Å²) in [6.07, 6.45) is 8.69. The minimum absolute atomic E-state index is 0.0110. The van der Waals surface area contributed by atoms with Gasteiger partial charge in [0, 0.05) is 30.0 Å². The molecule has 1 saturated heterocycles. The highest BCUT2D eigenvalue weighted by molar-refractivity contribution is 5.97. The van der Waals surface area contributed by atoms with Crippen molar-refractivity contribution >= 4 is 17.9 Å². The molecule has 2 amide bonds. The van der Waals surface area contributed by atoms with Crippen molar-refractivity contribution < 1.29 is 9.90 Å². The lowest BCUT2D eigenvalue weighted by atomic mass is 9.53. The first-order chi connectivity index (χ1) is 21.3. The highest BCUT2D eigenvalue weighted by Crippen LogP contribution is 2.55. The fourth-order valence-corrected chi connectivity index (χ4v) is 9.20. The van der Waals surface area contributed by atoms with Gasteiger partial charge in [-0.3, -0.25) is 5.32 Å².